The average molecular weight is 364 g/mol. The van der Waals surface area contributed by atoms with Crippen molar-refractivity contribution in [3.63, 3.8) is 0 Å². The molecule has 2 unspecified atom stereocenters. The van der Waals surface area contributed by atoms with Gasteiger partial charge in [-0.1, -0.05) is 0 Å². The van der Waals surface area contributed by atoms with Crippen LogP contribution >= 0.6 is 0 Å². The molecule has 0 radical (unpaired) electrons. The van der Waals surface area contributed by atoms with Crippen molar-refractivity contribution in [1.82, 2.24) is 9.88 Å². The molecular formula is C19H28N2O5. The van der Waals surface area contributed by atoms with Crippen molar-refractivity contribution in [3.8, 4) is 0 Å². The van der Waals surface area contributed by atoms with Crippen molar-refractivity contribution in [3.05, 3.63) is 22.5 Å². The summed E-state index contributed by atoms with van der Waals surface area (Å²) in [7, 11) is 0. The van der Waals surface area contributed by atoms with Crippen molar-refractivity contribution in [2.75, 3.05) is 13.2 Å². The number of carbonyl (C=O) groups excluding carboxylic acids is 3. The lowest BCUT2D eigenvalue weighted by Crippen LogP contribution is -2.49. The SMILES string of the molecule is CCOC(=O)c1[nH]c(C)c(C(=O)OCC(=O)N2C(C)CCCC2C)c1C. The van der Waals surface area contributed by atoms with Gasteiger partial charge in [-0.2, -0.15) is 0 Å². The summed E-state index contributed by atoms with van der Waals surface area (Å²) in [6.07, 6.45) is 3.02. The van der Waals surface area contributed by atoms with Crippen molar-refractivity contribution in [2.24, 2.45) is 0 Å². The van der Waals surface area contributed by atoms with Crippen LogP contribution in [0.3, 0.4) is 0 Å². The first-order chi connectivity index (χ1) is 12.3. The van der Waals surface area contributed by atoms with Crippen molar-refractivity contribution < 1.29 is 23.9 Å². The summed E-state index contributed by atoms with van der Waals surface area (Å²) in [5.41, 5.74) is 1.50. The van der Waals surface area contributed by atoms with Gasteiger partial charge in [0.2, 0.25) is 0 Å². The lowest BCUT2D eigenvalue weighted by molar-refractivity contribution is -0.140. The van der Waals surface area contributed by atoms with E-state index in [-0.39, 0.29) is 42.5 Å². The van der Waals surface area contributed by atoms with E-state index >= 15 is 0 Å². The zero-order valence-electron chi connectivity index (χ0n) is 16.2. The minimum Gasteiger partial charge on any atom is -0.461 e. The molecule has 144 valence electrons. The summed E-state index contributed by atoms with van der Waals surface area (Å²) in [4.78, 5) is 41.6. The van der Waals surface area contributed by atoms with Crippen LogP contribution in [-0.4, -0.2) is 53.0 Å². The van der Waals surface area contributed by atoms with Crippen LogP contribution in [0.5, 0.6) is 0 Å². The maximum atomic E-state index is 12.5. The molecule has 1 amide bonds. The second-order valence-electron chi connectivity index (χ2n) is 6.85. The first kappa shape index (κ1) is 20.0. The van der Waals surface area contributed by atoms with Gasteiger partial charge in [-0.05, 0) is 59.4 Å². The Morgan fingerprint density at radius 2 is 1.69 bits per heavy atom. The van der Waals surface area contributed by atoms with E-state index in [0.717, 1.165) is 19.3 Å². The zero-order valence-corrected chi connectivity index (χ0v) is 16.2. The highest BCUT2D eigenvalue weighted by Crippen LogP contribution is 2.23. The van der Waals surface area contributed by atoms with E-state index in [1.165, 1.54) is 0 Å². The van der Waals surface area contributed by atoms with Crippen LogP contribution in [0.25, 0.3) is 0 Å². The summed E-state index contributed by atoms with van der Waals surface area (Å²) in [6.45, 7) is 9.03. The van der Waals surface area contributed by atoms with E-state index in [1.807, 2.05) is 13.8 Å². The van der Waals surface area contributed by atoms with E-state index in [9.17, 15) is 14.4 Å². The number of piperidine rings is 1. The lowest BCUT2D eigenvalue weighted by Gasteiger charge is -2.38. The van der Waals surface area contributed by atoms with Gasteiger partial charge in [0, 0.05) is 17.8 Å². The zero-order chi connectivity index (χ0) is 19.4. The predicted molar refractivity (Wildman–Crippen MR) is 96.1 cm³/mol. The van der Waals surface area contributed by atoms with Gasteiger partial charge >= 0.3 is 11.9 Å². The molecule has 7 nitrogen and oxygen atoms in total. The molecule has 0 aliphatic carbocycles. The van der Waals surface area contributed by atoms with Gasteiger partial charge in [0.15, 0.2) is 6.61 Å². The van der Waals surface area contributed by atoms with Gasteiger partial charge in [0.1, 0.15) is 5.69 Å². The minimum atomic E-state index is -0.613. The molecule has 2 rings (SSSR count). The van der Waals surface area contributed by atoms with Crippen LogP contribution in [0, 0.1) is 13.8 Å². The first-order valence-electron chi connectivity index (χ1n) is 9.12. The highest BCUT2D eigenvalue weighted by atomic mass is 16.5. The number of nitrogens with one attached hydrogen (secondary N) is 1. The topological polar surface area (TPSA) is 88.7 Å². The number of amides is 1. The largest absolute Gasteiger partial charge is 0.461 e. The highest BCUT2D eigenvalue weighted by molar-refractivity contribution is 5.99. The molecule has 26 heavy (non-hydrogen) atoms. The third kappa shape index (κ3) is 4.08. The molecular weight excluding hydrogens is 336 g/mol. The maximum absolute atomic E-state index is 12.5. The van der Waals surface area contributed by atoms with E-state index < -0.39 is 11.9 Å². The molecule has 1 N–H and O–H groups in total. The monoisotopic (exact) mass is 364 g/mol. The number of likely N-dealkylation sites (tertiary alicyclic amines) is 1. The van der Waals surface area contributed by atoms with E-state index in [4.69, 9.17) is 9.47 Å². The molecule has 7 heteroatoms. The third-order valence-electron chi connectivity index (χ3n) is 4.93. The van der Waals surface area contributed by atoms with Crippen LogP contribution in [0.2, 0.25) is 0 Å². The summed E-state index contributed by atoms with van der Waals surface area (Å²) < 4.78 is 10.2. The highest BCUT2D eigenvalue weighted by Gasteiger charge is 2.30. The number of aryl methyl sites for hydroxylation is 1. The Labute approximate surface area is 154 Å². The van der Waals surface area contributed by atoms with Crippen LogP contribution in [0.15, 0.2) is 0 Å². The predicted octanol–water partition coefficient (Wildman–Crippen LogP) is 2.75. The molecule has 1 aliphatic rings. The number of carbonyl (C=O) groups is 3. The van der Waals surface area contributed by atoms with Gasteiger partial charge < -0.3 is 19.4 Å². The molecule has 2 atom stereocenters. The summed E-state index contributed by atoms with van der Waals surface area (Å²) >= 11 is 0. The summed E-state index contributed by atoms with van der Waals surface area (Å²) in [6, 6.07) is 0.298. The molecule has 1 saturated heterocycles. The fourth-order valence-electron chi connectivity index (χ4n) is 3.65. The second-order valence-corrected chi connectivity index (χ2v) is 6.85. The minimum absolute atomic E-state index is 0.149. The van der Waals surface area contributed by atoms with E-state index in [0.29, 0.717) is 11.3 Å². The quantitative estimate of drug-likeness (QED) is 0.812. The average Bonchev–Trinajstić information content (AvgIpc) is 2.87. The number of aromatic amines is 1. The van der Waals surface area contributed by atoms with Gasteiger partial charge in [0.25, 0.3) is 5.91 Å². The Balaban J connectivity index is 2.06. The molecule has 0 aromatic carbocycles. The van der Waals surface area contributed by atoms with Crippen LogP contribution in [0.4, 0.5) is 0 Å². The molecule has 0 spiro atoms. The molecule has 0 saturated carbocycles. The van der Waals surface area contributed by atoms with E-state index in [2.05, 4.69) is 4.98 Å². The fourth-order valence-corrected chi connectivity index (χ4v) is 3.65. The summed E-state index contributed by atoms with van der Waals surface area (Å²) in [5, 5.41) is 0. The van der Waals surface area contributed by atoms with Gasteiger partial charge in [-0.25, -0.2) is 9.59 Å². The first-order valence-corrected chi connectivity index (χ1v) is 9.12. The molecule has 1 aromatic heterocycles. The van der Waals surface area contributed by atoms with Crippen molar-refractivity contribution in [1.29, 1.82) is 0 Å². The Morgan fingerprint density at radius 3 is 2.27 bits per heavy atom. The van der Waals surface area contributed by atoms with Crippen LogP contribution in [0.1, 0.15) is 72.1 Å². The van der Waals surface area contributed by atoms with Gasteiger partial charge in [-0.15, -0.1) is 0 Å². The number of nitrogens with zero attached hydrogens (tertiary/aromatic N) is 1. The normalized spacial score (nSPS) is 20.0. The number of H-pyrrole nitrogens is 1. The Bertz CT molecular complexity index is 684. The van der Waals surface area contributed by atoms with E-state index in [1.54, 1.807) is 25.7 Å². The fraction of sp³-hybridized carbons (Fsp3) is 0.632. The standard InChI is InChI=1S/C19H28N2O5/c1-6-25-19(24)17-13(4)16(14(5)20-17)18(23)26-10-15(22)21-11(2)8-7-9-12(21)3/h11-12,20H,6-10H2,1-5H3. The Hall–Kier alpha value is -2.31. The molecule has 0 bridgehead atoms. The van der Waals surface area contributed by atoms with Gasteiger partial charge in [0.05, 0.1) is 12.2 Å². The smallest absolute Gasteiger partial charge is 0.355 e. The molecule has 1 fully saturated rings. The van der Waals surface area contributed by atoms with Crippen molar-refractivity contribution in [2.45, 2.75) is 66.0 Å². The Morgan fingerprint density at radius 1 is 1.08 bits per heavy atom. The number of hydrogen-bond acceptors (Lipinski definition) is 5. The molecule has 1 aliphatic heterocycles. The number of aromatic nitrogens is 1. The Kier molecular flexibility index (Phi) is 6.45. The second kappa shape index (κ2) is 8.38. The summed E-state index contributed by atoms with van der Waals surface area (Å²) in [5.74, 6) is -1.31. The van der Waals surface area contributed by atoms with Crippen LogP contribution < -0.4 is 0 Å². The number of hydrogen-bond donors (Lipinski definition) is 1. The molecule has 1 aromatic rings. The van der Waals surface area contributed by atoms with Gasteiger partial charge in [-0.3, -0.25) is 4.79 Å². The third-order valence-corrected chi connectivity index (χ3v) is 4.93. The lowest BCUT2D eigenvalue weighted by atomic mass is 9.97. The number of rotatable bonds is 5. The van der Waals surface area contributed by atoms with Crippen LogP contribution in [-0.2, 0) is 14.3 Å². The number of ether oxygens (including phenoxy) is 2. The number of esters is 2. The maximum Gasteiger partial charge on any atom is 0.355 e. The molecule has 2 heterocycles. The van der Waals surface area contributed by atoms with Crippen molar-refractivity contribution >= 4 is 17.8 Å².